The number of fused-ring (bicyclic) bond motifs is 3. The first-order valence-corrected chi connectivity index (χ1v) is 7.66. The lowest BCUT2D eigenvalue weighted by Crippen LogP contribution is -2.04. The number of rotatable bonds is 3. The standard InChI is InChI=1S/C19H17NO4/c1-11(2)12-7-8-13-10-16(19(21)24-3)18-14(15(13)9-12)5-4-6-17(18)20(22)23/h4-11H,1-3H3. The van der Waals surface area contributed by atoms with E-state index in [2.05, 4.69) is 13.8 Å². The van der Waals surface area contributed by atoms with Gasteiger partial charge in [-0.2, -0.15) is 0 Å². The molecular weight excluding hydrogens is 306 g/mol. The minimum atomic E-state index is -0.580. The number of nitrogens with zero attached hydrogens (tertiary/aromatic N) is 1. The third kappa shape index (κ3) is 2.48. The molecule has 24 heavy (non-hydrogen) atoms. The van der Waals surface area contributed by atoms with Gasteiger partial charge < -0.3 is 4.74 Å². The molecule has 0 aromatic heterocycles. The third-order valence-electron chi connectivity index (χ3n) is 4.25. The summed E-state index contributed by atoms with van der Waals surface area (Å²) in [5.41, 5.74) is 1.26. The van der Waals surface area contributed by atoms with Gasteiger partial charge in [-0.05, 0) is 33.7 Å². The molecule has 122 valence electrons. The van der Waals surface area contributed by atoms with Crippen molar-refractivity contribution in [2.24, 2.45) is 0 Å². The summed E-state index contributed by atoms with van der Waals surface area (Å²) >= 11 is 0. The number of hydrogen-bond donors (Lipinski definition) is 0. The number of carbonyl (C=O) groups is 1. The van der Waals surface area contributed by atoms with Crippen LogP contribution in [0.15, 0.2) is 42.5 Å². The van der Waals surface area contributed by atoms with Crippen molar-refractivity contribution in [1.29, 1.82) is 0 Å². The monoisotopic (exact) mass is 323 g/mol. The molecule has 0 bridgehead atoms. The van der Waals surface area contributed by atoms with Gasteiger partial charge >= 0.3 is 5.97 Å². The lowest BCUT2D eigenvalue weighted by molar-refractivity contribution is -0.383. The highest BCUT2D eigenvalue weighted by Crippen LogP contribution is 2.36. The summed E-state index contributed by atoms with van der Waals surface area (Å²) in [4.78, 5) is 23.2. The molecule has 0 aliphatic rings. The van der Waals surface area contributed by atoms with Gasteiger partial charge in [-0.1, -0.05) is 44.2 Å². The zero-order chi connectivity index (χ0) is 17.4. The lowest BCUT2D eigenvalue weighted by Gasteiger charge is -2.12. The van der Waals surface area contributed by atoms with Gasteiger partial charge in [0.2, 0.25) is 0 Å². The molecule has 0 aliphatic carbocycles. The Labute approximate surface area is 139 Å². The molecule has 5 nitrogen and oxygen atoms in total. The largest absolute Gasteiger partial charge is 0.465 e. The maximum Gasteiger partial charge on any atom is 0.338 e. The van der Waals surface area contributed by atoms with E-state index in [1.807, 2.05) is 18.2 Å². The molecule has 0 atom stereocenters. The summed E-state index contributed by atoms with van der Waals surface area (Å²) in [5.74, 6) is -0.243. The second kappa shape index (κ2) is 5.92. The van der Waals surface area contributed by atoms with E-state index in [0.717, 1.165) is 16.3 Å². The van der Waals surface area contributed by atoms with Crippen LogP contribution < -0.4 is 0 Å². The number of carbonyl (C=O) groups excluding carboxylic acids is 1. The van der Waals surface area contributed by atoms with E-state index < -0.39 is 10.9 Å². The van der Waals surface area contributed by atoms with E-state index in [0.29, 0.717) is 16.7 Å². The molecule has 3 rings (SSSR count). The van der Waals surface area contributed by atoms with Crippen LogP contribution in [0.3, 0.4) is 0 Å². The molecule has 0 saturated carbocycles. The van der Waals surface area contributed by atoms with Crippen LogP contribution in [-0.4, -0.2) is 18.0 Å². The second-order valence-electron chi connectivity index (χ2n) is 6.01. The Morgan fingerprint density at radius 1 is 1.12 bits per heavy atom. The van der Waals surface area contributed by atoms with Crippen molar-refractivity contribution in [1.82, 2.24) is 0 Å². The number of esters is 1. The number of benzene rings is 3. The Kier molecular flexibility index (Phi) is 3.93. The number of hydrogen-bond acceptors (Lipinski definition) is 4. The summed E-state index contributed by atoms with van der Waals surface area (Å²) in [6.07, 6.45) is 0. The van der Waals surface area contributed by atoms with Crippen LogP contribution in [0, 0.1) is 10.1 Å². The number of methoxy groups -OCH3 is 1. The zero-order valence-electron chi connectivity index (χ0n) is 13.7. The smallest absolute Gasteiger partial charge is 0.338 e. The average molecular weight is 323 g/mol. The Bertz CT molecular complexity index is 976. The highest BCUT2D eigenvalue weighted by atomic mass is 16.6. The van der Waals surface area contributed by atoms with E-state index in [1.54, 1.807) is 18.2 Å². The molecule has 0 spiro atoms. The fraction of sp³-hybridized carbons (Fsp3) is 0.211. The minimum Gasteiger partial charge on any atom is -0.465 e. The molecule has 0 N–H and O–H groups in total. The van der Waals surface area contributed by atoms with Gasteiger partial charge in [0, 0.05) is 6.07 Å². The highest BCUT2D eigenvalue weighted by Gasteiger charge is 2.22. The highest BCUT2D eigenvalue weighted by molar-refractivity contribution is 6.18. The molecule has 0 radical (unpaired) electrons. The number of nitro groups is 1. The summed E-state index contributed by atoms with van der Waals surface area (Å²) in [6, 6.07) is 12.5. The van der Waals surface area contributed by atoms with Crippen molar-refractivity contribution in [2.45, 2.75) is 19.8 Å². The quantitative estimate of drug-likeness (QED) is 0.300. The van der Waals surface area contributed by atoms with E-state index in [1.165, 1.54) is 13.2 Å². The van der Waals surface area contributed by atoms with Crippen LogP contribution in [0.5, 0.6) is 0 Å². The van der Waals surface area contributed by atoms with Crippen LogP contribution in [0.4, 0.5) is 5.69 Å². The summed E-state index contributed by atoms with van der Waals surface area (Å²) in [7, 11) is 1.27. The van der Waals surface area contributed by atoms with Crippen molar-refractivity contribution in [3.05, 3.63) is 63.7 Å². The Morgan fingerprint density at radius 2 is 1.88 bits per heavy atom. The second-order valence-corrected chi connectivity index (χ2v) is 6.01. The fourth-order valence-corrected chi connectivity index (χ4v) is 2.99. The lowest BCUT2D eigenvalue weighted by atomic mass is 9.92. The van der Waals surface area contributed by atoms with Crippen LogP contribution >= 0.6 is 0 Å². The Balaban J connectivity index is 2.52. The van der Waals surface area contributed by atoms with E-state index in [-0.39, 0.29) is 11.3 Å². The molecule has 3 aromatic rings. The molecule has 3 aromatic carbocycles. The topological polar surface area (TPSA) is 69.4 Å². The third-order valence-corrected chi connectivity index (χ3v) is 4.25. The van der Waals surface area contributed by atoms with Gasteiger partial charge in [-0.3, -0.25) is 10.1 Å². The molecule has 0 amide bonds. The maximum atomic E-state index is 12.2. The molecule has 0 saturated heterocycles. The first-order valence-electron chi connectivity index (χ1n) is 7.66. The molecule has 0 unspecified atom stereocenters. The van der Waals surface area contributed by atoms with Gasteiger partial charge in [0.1, 0.15) is 0 Å². The maximum absolute atomic E-state index is 12.2. The molecule has 5 heteroatoms. The Hall–Kier alpha value is -2.95. The van der Waals surface area contributed by atoms with Gasteiger partial charge in [0.25, 0.3) is 5.69 Å². The number of non-ortho nitro benzene ring substituents is 1. The summed E-state index contributed by atoms with van der Waals surface area (Å²) in [6.45, 7) is 4.18. The summed E-state index contributed by atoms with van der Waals surface area (Å²) in [5, 5.41) is 14.2. The van der Waals surface area contributed by atoms with Crippen molar-refractivity contribution in [3.63, 3.8) is 0 Å². The van der Waals surface area contributed by atoms with E-state index in [4.69, 9.17) is 4.74 Å². The Morgan fingerprint density at radius 3 is 2.50 bits per heavy atom. The zero-order valence-corrected chi connectivity index (χ0v) is 13.7. The van der Waals surface area contributed by atoms with Crippen LogP contribution in [0.1, 0.15) is 35.7 Å². The van der Waals surface area contributed by atoms with Gasteiger partial charge in [0.05, 0.1) is 23.0 Å². The first kappa shape index (κ1) is 15.9. The van der Waals surface area contributed by atoms with Gasteiger partial charge in [0.15, 0.2) is 0 Å². The molecule has 0 fully saturated rings. The minimum absolute atomic E-state index is 0.0928. The van der Waals surface area contributed by atoms with Crippen LogP contribution in [0.2, 0.25) is 0 Å². The van der Waals surface area contributed by atoms with Gasteiger partial charge in [-0.25, -0.2) is 4.79 Å². The predicted molar refractivity (Wildman–Crippen MR) is 93.5 cm³/mol. The van der Waals surface area contributed by atoms with E-state index >= 15 is 0 Å². The van der Waals surface area contributed by atoms with Crippen LogP contribution in [0.25, 0.3) is 21.5 Å². The van der Waals surface area contributed by atoms with Crippen molar-refractivity contribution >= 4 is 33.2 Å². The molecule has 0 aliphatic heterocycles. The SMILES string of the molecule is COC(=O)c1cc2ccc(C(C)C)cc2c2cccc([N+](=O)[O-])c12. The molecule has 0 heterocycles. The van der Waals surface area contributed by atoms with Crippen molar-refractivity contribution < 1.29 is 14.5 Å². The van der Waals surface area contributed by atoms with Crippen molar-refractivity contribution in [2.75, 3.05) is 7.11 Å². The average Bonchev–Trinajstić information content (AvgIpc) is 2.59. The van der Waals surface area contributed by atoms with Crippen LogP contribution in [-0.2, 0) is 4.74 Å². The normalized spacial score (nSPS) is 11.2. The number of ether oxygens (including phenoxy) is 1. The van der Waals surface area contributed by atoms with E-state index in [9.17, 15) is 14.9 Å². The van der Waals surface area contributed by atoms with Crippen molar-refractivity contribution in [3.8, 4) is 0 Å². The first-order chi connectivity index (χ1) is 11.4. The fourth-order valence-electron chi connectivity index (χ4n) is 2.99. The number of nitro benzene ring substituents is 1. The van der Waals surface area contributed by atoms with Gasteiger partial charge in [-0.15, -0.1) is 0 Å². The summed E-state index contributed by atoms with van der Waals surface area (Å²) < 4.78 is 4.83. The predicted octanol–water partition coefficient (Wildman–Crippen LogP) is 4.81. The molecular formula is C19H17NO4.